The monoisotopic (exact) mass is 390 g/mol. The van der Waals surface area contributed by atoms with E-state index in [2.05, 4.69) is 26.0 Å². The first-order valence-electron chi connectivity index (χ1n) is 9.90. The molecule has 3 heterocycles. The smallest absolute Gasteiger partial charge is 0.266 e. The van der Waals surface area contributed by atoms with Crippen LogP contribution in [0.4, 0.5) is 0 Å². The Bertz CT molecular complexity index is 1110. The number of fused-ring (bicyclic) bond motifs is 2. The lowest BCUT2D eigenvalue weighted by Crippen LogP contribution is -2.43. The molecule has 3 N–H and O–H groups in total. The highest BCUT2D eigenvalue weighted by atomic mass is 16.2. The Labute approximate surface area is 167 Å². The molecule has 1 aliphatic carbocycles. The van der Waals surface area contributed by atoms with E-state index in [0.29, 0.717) is 23.4 Å². The van der Waals surface area contributed by atoms with Crippen molar-refractivity contribution >= 4 is 22.8 Å². The van der Waals surface area contributed by atoms with Crippen LogP contribution >= 0.6 is 0 Å². The predicted molar refractivity (Wildman–Crippen MR) is 107 cm³/mol. The minimum atomic E-state index is -0.452. The van der Waals surface area contributed by atoms with Crippen LogP contribution in [0.3, 0.4) is 0 Å². The van der Waals surface area contributed by atoms with Gasteiger partial charge in [-0.15, -0.1) is 0 Å². The Kier molecular flexibility index (Phi) is 4.28. The molecule has 0 radical (unpaired) electrons. The van der Waals surface area contributed by atoms with Gasteiger partial charge in [-0.3, -0.25) is 20.0 Å². The molecule has 2 amide bonds. The van der Waals surface area contributed by atoms with E-state index in [0.717, 1.165) is 36.7 Å². The molecule has 1 aromatic carbocycles. The number of nitrogens with two attached hydrogens (primary N) is 1. The van der Waals surface area contributed by atoms with Crippen molar-refractivity contribution in [3.8, 4) is 0 Å². The molecular formula is C21H22N6O2. The number of nitrogens with one attached hydrogen (secondary N) is 1. The van der Waals surface area contributed by atoms with Gasteiger partial charge in [0, 0.05) is 6.20 Å². The third-order valence-electron chi connectivity index (χ3n) is 6.11. The Balaban J connectivity index is 1.49. The van der Waals surface area contributed by atoms with Gasteiger partial charge in [-0.1, -0.05) is 25.0 Å². The number of hydrazine groups is 1. The number of amides is 2. The van der Waals surface area contributed by atoms with Gasteiger partial charge in [0.05, 0.1) is 52.8 Å². The van der Waals surface area contributed by atoms with Crippen LogP contribution in [0.25, 0.3) is 11.0 Å². The van der Waals surface area contributed by atoms with Gasteiger partial charge >= 0.3 is 0 Å². The van der Waals surface area contributed by atoms with Crippen molar-refractivity contribution in [2.24, 2.45) is 5.84 Å². The van der Waals surface area contributed by atoms with E-state index in [9.17, 15) is 9.59 Å². The predicted octanol–water partition coefficient (Wildman–Crippen LogP) is 2.17. The standard InChI is InChI=1S/C21H22N6O2/c22-25-20(28)13-9-14-16(23-10-13)11-26(21(14)29)18-7-3-4-8-19(18)27-12-24-15-5-1-2-6-17(15)27/h1-2,5-6,9-10,12,18-19H,3-4,7-8,11,22H2,(H,25,28)/t18-,19-/m1/s1. The molecule has 2 atom stereocenters. The fraction of sp³-hybridized carbons (Fsp3) is 0.333. The van der Waals surface area contributed by atoms with E-state index in [1.54, 1.807) is 6.07 Å². The molecule has 1 aliphatic heterocycles. The maximum Gasteiger partial charge on any atom is 0.266 e. The van der Waals surface area contributed by atoms with Gasteiger partial charge in [-0.2, -0.15) is 0 Å². The molecular weight excluding hydrogens is 368 g/mol. The summed E-state index contributed by atoms with van der Waals surface area (Å²) < 4.78 is 2.22. The second-order valence-corrected chi connectivity index (χ2v) is 7.68. The first kappa shape index (κ1) is 17.8. The zero-order valence-corrected chi connectivity index (χ0v) is 15.9. The van der Waals surface area contributed by atoms with E-state index in [-0.39, 0.29) is 18.0 Å². The van der Waals surface area contributed by atoms with E-state index in [1.807, 2.05) is 29.4 Å². The van der Waals surface area contributed by atoms with E-state index < -0.39 is 5.91 Å². The zero-order chi connectivity index (χ0) is 20.0. The lowest BCUT2D eigenvalue weighted by Gasteiger charge is -2.38. The molecule has 0 unspecified atom stereocenters. The summed E-state index contributed by atoms with van der Waals surface area (Å²) in [6, 6.07) is 9.92. The maximum absolute atomic E-state index is 13.2. The number of nitrogen functional groups attached to an aromatic ring is 1. The number of imidazole rings is 1. The second kappa shape index (κ2) is 6.97. The molecule has 2 aliphatic rings. The van der Waals surface area contributed by atoms with Crippen LogP contribution in [0, 0.1) is 0 Å². The highest BCUT2D eigenvalue weighted by Crippen LogP contribution is 2.37. The van der Waals surface area contributed by atoms with Crippen molar-refractivity contribution in [2.45, 2.75) is 44.3 Å². The first-order valence-corrected chi connectivity index (χ1v) is 9.90. The fourth-order valence-electron chi connectivity index (χ4n) is 4.69. The second-order valence-electron chi connectivity index (χ2n) is 7.68. The number of carbonyl (C=O) groups excluding carboxylic acids is 2. The minimum absolute atomic E-state index is 0.0647. The summed E-state index contributed by atoms with van der Waals surface area (Å²) in [6.45, 7) is 0.465. The van der Waals surface area contributed by atoms with Gasteiger partial charge in [0.1, 0.15) is 0 Å². The number of carbonyl (C=O) groups is 2. The molecule has 0 saturated heterocycles. The quantitative estimate of drug-likeness (QED) is 0.405. The summed E-state index contributed by atoms with van der Waals surface area (Å²) in [7, 11) is 0. The van der Waals surface area contributed by atoms with E-state index in [4.69, 9.17) is 5.84 Å². The molecule has 5 rings (SSSR count). The normalized spacial score (nSPS) is 21.4. The summed E-state index contributed by atoms with van der Waals surface area (Å²) in [6.07, 6.45) is 7.51. The largest absolute Gasteiger partial charge is 0.328 e. The van der Waals surface area contributed by atoms with Crippen LogP contribution in [0.1, 0.15) is 58.1 Å². The molecule has 8 nitrogen and oxygen atoms in total. The summed E-state index contributed by atoms with van der Waals surface area (Å²) in [5.74, 6) is 4.69. The van der Waals surface area contributed by atoms with Gasteiger partial charge in [-0.05, 0) is 31.0 Å². The molecule has 1 fully saturated rings. The lowest BCUT2D eigenvalue weighted by molar-refractivity contribution is 0.0574. The number of nitrogens with zero attached hydrogens (tertiary/aromatic N) is 4. The average molecular weight is 390 g/mol. The van der Waals surface area contributed by atoms with Crippen LogP contribution < -0.4 is 11.3 Å². The number of para-hydroxylation sites is 2. The molecule has 8 heteroatoms. The first-order chi connectivity index (χ1) is 14.2. The highest BCUT2D eigenvalue weighted by Gasteiger charge is 2.39. The summed E-state index contributed by atoms with van der Waals surface area (Å²) in [4.78, 5) is 35.9. The van der Waals surface area contributed by atoms with Crippen LogP contribution in [0.5, 0.6) is 0 Å². The SMILES string of the molecule is NNC(=O)c1cnc2c(c1)C(=O)N([C@@H]1CCCC[C@H]1n1cnc3ccccc31)C2. The number of pyridine rings is 1. The van der Waals surface area contributed by atoms with Crippen molar-refractivity contribution in [1.29, 1.82) is 0 Å². The maximum atomic E-state index is 13.2. The Morgan fingerprint density at radius 3 is 2.76 bits per heavy atom. The Hall–Kier alpha value is -3.26. The van der Waals surface area contributed by atoms with Crippen LogP contribution in [-0.2, 0) is 6.54 Å². The number of hydrogen-bond acceptors (Lipinski definition) is 5. The van der Waals surface area contributed by atoms with Crippen molar-refractivity contribution in [2.75, 3.05) is 0 Å². The molecule has 2 aromatic heterocycles. The topological polar surface area (TPSA) is 106 Å². The van der Waals surface area contributed by atoms with Crippen LogP contribution in [-0.4, -0.2) is 37.3 Å². The van der Waals surface area contributed by atoms with Gasteiger partial charge in [-0.25, -0.2) is 10.8 Å². The Morgan fingerprint density at radius 1 is 1.14 bits per heavy atom. The average Bonchev–Trinajstić information content (AvgIpc) is 3.34. The number of hydrogen-bond donors (Lipinski definition) is 2. The number of aromatic nitrogens is 3. The molecule has 0 bridgehead atoms. The Morgan fingerprint density at radius 2 is 1.93 bits per heavy atom. The van der Waals surface area contributed by atoms with Crippen LogP contribution in [0.15, 0.2) is 42.9 Å². The lowest BCUT2D eigenvalue weighted by atomic mass is 9.88. The van der Waals surface area contributed by atoms with Gasteiger partial charge < -0.3 is 9.47 Å². The summed E-state index contributed by atoms with van der Waals surface area (Å²) in [5, 5.41) is 0. The molecule has 148 valence electrons. The molecule has 1 saturated carbocycles. The fourth-order valence-corrected chi connectivity index (χ4v) is 4.69. The third kappa shape index (κ3) is 2.87. The van der Waals surface area contributed by atoms with Gasteiger partial charge in [0.2, 0.25) is 0 Å². The van der Waals surface area contributed by atoms with Gasteiger partial charge in [0.15, 0.2) is 0 Å². The molecule has 29 heavy (non-hydrogen) atoms. The van der Waals surface area contributed by atoms with Crippen LogP contribution in [0.2, 0.25) is 0 Å². The van der Waals surface area contributed by atoms with E-state index >= 15 is 0 Å². The van der Waals surface area contributed by atoms with Crippen molar-refractivity contribution in [1.82, 2.24) is 24.9 Å². The van der Waals surface area contributed by atoms with Crippen molar-refractivity contribution in [3.05, 3.63) is 59.7 Å². The van der Waals surface area contributed by atoms with Crippen molar-refractivity contribution in [3.63, 3.8) is 0 Å². The van der Waals surface area contributed by atoms with Crippen molar-refractivity contribution < 1.29 is 9.59 Å². The molecule has 0 spiro atoms. The summed E-state index contributed by atoms with van der Waals surface area (Å²) >= 11 is 0. The minimum Gasteiger partial charge on any atom is -0.328 e. The third-order valence-corrected chi connectivity index (χ3v) is 6.11. The van der Waals surface area contributed by atoms with E-state index in [1.165, 1.54) is 6.20 Å². The number of rotatable bonds is 3. The highest BCUT2D eigenvalue weighted by molar-refractivity contribution is 6.01. The molecule has 3 aromatic rings. The zero-order valence-electron chi connectivity index (χ0n) is 15.9. The summed E-state index contributed by atoms with van der Waals surface area (Å²) in [5.41, 5.74) is 5.64. The van der Waals surface area contributed by atoms with Gasteiger partial charge in [0.25, 0.3) is 11.8 Å². The number of benzene rings is 1.